The van der Waals surface area contributed by atoms with Gasteiger partial charge in [-0.05, 0) is 79.9 Å². The minimum Gasteiger partial charge on any atom is -0.208 e. The molecule has 9 aromatic rings. The van der Waals surface area contributed by atoms with Crippen molar-refractivity contribution < 1.29 is 0 Å². The number of nitrogens with zero attached hydrogens (tertiary/aromatic N) is 4. The average molecular weight is 727 g/mol. The highest BCUT2D eigenvalue weighted by atomic mass is 15.0. The van der Waals surface area contributed by atoms with E-state index in [0.29, 0.717) is 23.0 Å². The van der Waals surface area contributed by atoms with E-state index < -0.39 is 5.41 Å². The molecule has 1 heterocycles. The van der Waals surface area contributed by atoms with Crippen molar-refractivity contribution in [3.05, 3.63) is 234 Å². The van der Waals surface area contributed by atoms with Crippen molar-refractivity contribution in [2.24, 2.45) is 0 Å². The molecule has 57 heavy (non-hydrogen) atoms. The van der Waals surface area contributed by atoms with Crippen molar-refractivity contribution in [3.63, 3.8) is 0 Å². The molecule has 0 fully saturated rings. The maximum Gasteiger partial charge on any atom is 0.164 e. The van der Waals surface area contributed by atoms with E-state index in [4.69, 9.17) is 15.0 Å². The minimum absolute atomic E-state index is 0.601. The molecule has 0 radical (unpaired) electrons. The van der Waals surface area contributed by atoms with Gasteiger partial charge >= 0.3 is 0 Å². The van der Waals surface area contributed by atoms with Crippen LogP contribution < -0.4 is 0 Å². The Morgan fingerprint density at radius 1 is 0.333 bits per heavy atom. The van der Waals surface area contributed by atoms with Crippen LogP contribution in [0.5, 0.6) is 0 Å². The van der Waals surface area contributed by atoms with Crippen LogP contribution in [0.4, 0.5) is 0 Å². The highest BCUT2D eigenvalue weighted by Gasteiger charge is 2.46. The van der Waals surface area contributed by atoms with Crippen molar-refractivity contribution in [1.82, 2.24) is 15.0 Å². The fourth-order valence-corrected chi connectivity index (χ4v) is 8.47. The second kappa shape index (κ2) is 14.2. The third-order valence-corrected chi connectivity index (χ3v) is 11.1. The number of fused-ring (bicyclic) bond motifs is 3. The van der Waals surface area contributed by atoms with E-state index in [1.807, 2.05) is 60.7 Å². The summed E-state index contributed by atoms with van der Waals surface area (Å²) in [6, 6.07) is 74.0. The number of aromatic nitrogens is 3. The van der Waals surface area contributed by atoms with Crippen molar-refractivity contribution in [2.75, 3.05) is 0 Å². The van der Waals surface area contributed by atoms with Crippen LogP contribution in [-0.2, 0) is 5.41 Å². The molecule has 0 saturated heterocycles. The Kier molecular flexibility index (Phi) is 8.39. The number of hydrogen-bond donors (Lipinski definition) is 0. The summed E-state index contributed by atoms with van der Waals surface area (Å²) in [6.07, 6.45) is 0. The standard InChI is InChI=1S/C53H34N4/c54-35-36-16-15-21-39(32-36)40-28-30-45-46-31-29-41(34-49(46)53(48(45)33-40,42-22-9-3-10-23-42)43-24-11-4-12-25-43)51-55-50(38-19-7-2-8-20-38)56-52(57-51)47-27-14-13-26-44(47)37-17-5-1-6-18-37/h1-34H. The average Bonchev–Trinajstić information content (AvgIpc) is 3.59. The summed E-state index contributed by atoms with van der Waals surface area (Å²) in [6.45, 7) is 0. The Hall–Kier alpha value is -7.74. The van der Waals surface area contributed by atoms with Gasteiger partial charge in [-0.1, -0.05) is 182 Å². The third-order valence-electron chi connectivity index (χ3n) is 11.1. The zero-order chi connectivity index (χ0) is 38.2. The fraction of sp³-hybridized carbons (Fsp3) is 0.0189. The van der Waals surface area contributed by atoms with E-state index in [1.165, 1.54) is 11.1 Å². The first-order valence-electron chi connectivity index (χ1n) is 19.1. The van der Waals surface area contributed by atoms with E-state index in [0.717, 1.165) is 61.2 Å². The van der Waals surface area contributed by atoms with E-state index in [1.54, 1.807) is 0 Å². The molecule has 0 atom stereocenters. The van der Waals surface area contributed by atoms with Crippen LogP contribution in [0.2, 0.25) is 0 Å². The molecule has 4 nitrogen and oxygen atoms in total. The van der Waals surface area contributed by atoms with Crippen LogP contribution in [0.1, 0.15) is 27.8 Å². The molecule has 0 amide bonds. The zero-order valence-electron chi connectivity index (χ0n) is 30.9. The number of benzene rings is 8. The highest BCUT2D eigenvalue weighted by Crippen LogP contribution is 2.57. The summed E-state index contributed by atoms with van der Waals surface area (Å²) in [5, 5.41) is 9.75. The molecule has 10 rings (SSSR count). The molecule has 0 aliphatic heterocycles. The van der Waals surface area contributed by atoms with Crippen LogP contribution in [0.3, 0.4) is 0 Å². The molecule has 0 bridgehead atoms. The molecular weight excluding hydrogens is 693 g/mol. The first-order chi connectivity index (χ1) is 28.2. The largest absolute Gasteiger partial charge is 0.208 e. The summed E-state index contributed by atoms with van der Waals surface area (Å²) in [4.78, 5) is 15.6. The van der Waals surface area contributed by atoms with Crippen LogP contribution in [0.15, 0.2) is 206 Å². The van der Waals surface area contributed by atoms with Gasteiger partial charge in [-0.3, -0.25) is 0 Å². The summed E-state index contributed by atoms with van der Waals surface area (Å²) >= 11 is 0. The fourth-order valence-electron chi connectivity index (χ4n) is 8.47. The Balaban J connectivity index is 1.23. The third kappa shape index (κ3) is 5.82. The lowest BCUT2D eigenvalue weighted by Gasteiger charge is -2.34. The van der Waals surface area contributed by atoms with Crippen LogP contribution in [0.25, 0.3) is 67.5 Å². The van der Waals surface area contributed by atoms with E-state index >= 15 is 0 Å². The highest BCUT2D eigenvalue weighted by molar-refractivity contribution is 5.90. The van der Waals surface area contributed by atoms with Crippen molar-refractivity contribution in [3.8, 4) is 73.6 Å². The maximum atomic E-state index is 9.75. The van der Waals surface area contributed by atoms with E-state index in [2.05, 4.69) is 152 Å². The maximum absolute atomic E-state index is 9.75. The van der Waals surface area contributed by atoms with Gasteiger partial charge in [0.05, 0.1) is 17.0 Å². The first-order valence-corrected chi connectivity index (χ1v) is 19.1. The van der Waals surface area contributed by atoms with Gasteiger partial charge in [-0.2, -0.15) is 5.26 Å². The summed E-state index contributed by atoms with van der Waals surface area (Å²) in [7, 11) is 0. The number of hydrogen-bond acceptors (Lipinski definition) is 4. The van der Waals surface area contributed by atoms with Crippen molar-refractivity contribution in [2.45, 2.75) is 5.41 Å². The van der Waals surface area contributed by atoms with Gasteiger partial charge in [0.2, 0.25) is 0 Å². The van der Waals surface area contributed by atoms with Gasteiger partial charge in [-0.25, -0.2) is 15.0 Å². The van der Waals surface area contributed by atoms with E-state index in [-0.39, 0.29) is 0 Å². The molecule has 266 valence electrons. The Morgan fingerprint density at radius 2 is 0.789 bits per heavy atom. The van der Waals surface area contributed by atoms with Gasteiger partial charge in [0.1, 0.15) is 0 Å². The molecule has 1 aromatic heterocycles. The first kappa shape index (κ1) is 33.8. The van der Waals surface area contributed by atoms with Gasteiger partial charge in [-0.15, -0.1) is 0 Å². The summed E-state index contributed by atoms with van der Waals surface area (Å²) in [5.41, 5.74) is 13.9. The van der Waals surface area contributed by atoms with Crippen LogP contribution in [-0.4, -0.2) is 15.0 Å². The molecule has 0 spiro atoms. The molecular formula is C53H34N4. The Morgan fingerprint density at radius 3 is 1.40 bits per heavy atom. The van der Waals surface area contributed by atoms with Crippen molar-refractivity contribution in [1.29, 1.82) is 5.26 Å². The number of nitriles is 1. The predicted molar refractivity (Wildman–Crippen MR) is 229 cm³/mol. The van der Waals surface area contributed by atoms with Gasteiger partial charge in [0.15, 0.2) is 17.5 Å². The monoisotopic (exact) mass is 726 g/mol. The molecule has 1 aliphatic carbocycles. The van der Waals surface area contributed by atoms with Gasteiger partial charge in [0, 0.05) is 16.7 Å². The predicted octanol–water partition coefficient (Wildman–Crippen LogP) is 12.4. The second-order valence-electron chi connectivity index (χ2n) is 14.3. The molecule has 0 unspecified atom stereocenters. The second-order valence-corrected chi connectivity index (χ2v) is 14.3. The quantitative estimate of drug-likeness (QED) is 0.164. The topological polar surface area (TPSA) is 62.5 Å². The molecule has 0 N–H and O–H groups in total. The lowest BCUT2D eigenvalue weighted by molar-refractivity contribution is 0.769. The zero-order valence-corrected chi connectivity index (χ0v) is 30.9. The Bertz CT molecular complexity index is 2910. The lowest BCUT2D eigenvalue weighted by atomic mass is 9.67. The smallest absolute Gasteiger partial charge is 0.164 e. The summed E-state index contributed by atoms with van der Waals surface area (Å²) < 4.78 is 0. The van der Waals surface area contributed by atoms with Crippen LogP contribution in [0, 0.1) is 11.3 Å². The van der Waals surface area contributed by atoms with Crippen molar-refractivity contribution >= 4 is 0 Å². The molecule has 1 aliphatic rings. The van der Waals surface area contributed by atoms with E-state index in [9.17, 15) is 5.26 Å². The molecule has 8 aromatic carbocycles. The van der Waals surface area contributed by atoms with Crippen LogP contribution >= 0.6 is 0 Å². The number of rotatable bonds is 7. The normalized spacial score (nSPS) is 12.3. The molecule has 0 saturated carbocycles. The minimum atomic E-state index is -0.663. The SMILES string of the molecule is N#Cc1cccc(-c2ccc3c(c2)C(c2ccccc2)(c2ccccc2)c2cc(-c4nc(-c5ccccc5)nc(-c5ccccc5-c5ccccc5)n4)ccc2-3)c1. The summed E-state index contributed by atoms with van der Waals surface area (Å²) in [5.74, 6) is 1.83. The van der Waals surface area contributed by atoms with Gasteiger partial charge < -0.3 is 0 Å². The van der Waals surface area contributed by atoms with Gasteiger partial charge in [0.25, 0.3) is 0 Å². The Labute approximate surface area is 332 Å². The lowest BCUT2D eigenvalue weighted by Crippen LogP contribution is -2.28. The molecule has 4 heteroatoms.